The molecule has 0 spiro atoms. The summed E-state index contributed by atoms with van der Waals surface area (Å²) in [6, 6.07) is 9.05. The number of carbonyl (C=O) groups excluding carboxylic acids is 2. The van der Waals surface area contributed by atoms with Gasteiger partial charge >= 0.3 is 0 Å². The Balaban J connectivity index is 1.93. The quantitative estimate of drug-likeness (QED) is 0.579. The molecule has 9 heteroatoms. The van der Waals surface area contributed by atoms with Gasteiger partial charge in [-0.2, -0.15) is 0 Å². The molecule has 6 nitrogen and oxygen atoms in total. The number of aromatic nitrogens is 1. The van der Waals surface area contributed by atoms with Gasteiger partial charge in [-0.1, -0.05) is 23.7 Å². The number of halogens is 2. The molecule has 0 atom stereocenters. The molecule has 0 aliphatic heterocycles. The van der Waals surface area contributed by atoms with Gasteiger partial charge in [-0.05, 0) is 41.8 Å². The van der Waals surface area contributed by atoms with Crippen molar-refractivity contribution in [2.24, 2.45) is 5.14 Å². The highest BCUT2D eigenvalue weighted by atomic mass is 35.5. The van der Waals surface area contributed by atoms with E-state index in [2.05, 4.69) is 10.3 Å². The Kier molecular flexibility index (Phi) is 5.59. The van der Waals surface area contributed by atoms with Crippen molar-refractivity contribution in [1.29, 1.82) is 0 Å². The van der Waals surface area contributed by atoms with Crippen LogP contribution >= 0.6 is 23.5 Å². The van der Waals surface area contributed by atoms with Crippen LogP contribution in [-0.2, 0) is 6.54 Å². The molecule has 2 aromatic carbocycles. The molecule has 1 aromatic heterocycles. The van der Waals surface area contributed by atoms with Gasteiger partial charge in [-0.3, -0.25) is 19.5 Å². The van der Waals surface area contributed by atoms with E-state index in [-0.39, 0.29) is 28.6 Å². The summed E-state index contributed by atoms with van der Waals surface area (Å²) in [5.41, 5.74) is -0.234. The predicted octanol–water partition coefficient (Wildman–Crippen LogP) is 3.00. The van der Waals surface area contributed by atoms with E-state index in [0.717, 1.165) is 17.8 Å². The van der Waals surface area contributed by atoms with Gasteiger partial charge in [0.1, 0.15) is 11.4 Å². The average Bonchev–Trinajstić information content (AvgIpc) is 2.67. The van der Waals surface area contributed by atoms with Crippen molar-refractivity contribution in [1.82, 2.24) is 10.3 Å². The third kappa shape index (κ3) is 4.02. The lowest BCUT2D eigenvalue weighted by atomic mass is 10.1. The molecule has 3 aromatic rings. The molecule has 0 aliphatic rings. The summed E-state index contributed by atoms with van der Waals surface area (Å²) in [5, 5.41) is 7.69. The Bertz CT molecular complexity index is 1100. The Morgan fingerprint density at radius 3 is 2.59 bits per heavy atom. The largest absolute Gasteiger partial charge is 0.358 e. The molecule has 1 amide bonds. The molecular weight excluding hydrogens is 393 g/mol. The molecule has 27 heavy (non-hydrogen) atoms. The second kappa shape index (κ2) is 7.91. The second-order valence-electron chi connectivity index (χ2n) is 5.63. The molecule has 0 fully saturated rings. The molecule has 138 valence electrons. The van der Waals surface area contributed by atoms with Crippen LogP contribution in [0, 0.1) is 5.82 Å². The fourth-order valence-corrected chi connectivity index (χ4v) is 2.90. The van der Waals surface area contributed by atoms with Crippen LogP contribution in [0.1, 0.15) is 26.3 Å². The van der Waals surface area contributed by atoms with E-state index >= 15 is 0 Å². The van der Waals surface area contributed by atoms with Crippen molar-refractivity contribution >= 4 is 45.5 Å². The zero-order chi connectivity index (χ0) is 19.6. The average molecular weight is 406 g/mol. The summed E-state index contributed by atoms with van der Waals surface area (Å²) in [5.74, 6) is -1.41. The van der Waals surface area contributed by atoms with E-state index in [1.54, 1.807) is 24.3 Å². The van der Waals surface area contributed by atoms with Crippen LogP contribution in [0.2, 0.25) is 5.02 Å². The topological polar surface area (TPSA) is 105 Å². The van der Waals surface area contributed by atoms with Gasteiger partial charge in [0.05, 0.1) is 10.9 Å². The van der Waals surface area contributed by atoms with E-state index in [0.29, 0.717) is 17.0 Å². The normalized spacial score (nSPS) is 10.8. The Morgan fingerprint density at radius 1 is 1.22 bits per heavy atom. The lowest BCUT2D eigenvalue weighted by Gasteiger charge is -2.08. The number of hydrogen-bond acceptors (Lipinski definition) is 5. The molecule has 0 radical (unpaired) electrons. The van der Waals surface area contributed by atoms with E-state index in [4.69, 9.17) is 16.7 Å². The standard InChI is InChI=1S/C18H13ClFN3O3S/c19-11-3-1-9(2-4-11)7-23-17(25)13-8-22-15-12(16(13)24)5-10(6-14(15)20)18(26)27-21/h1-6,8H,7,21H2,(H,22,24)(H,23,25). The number of H-pyrrole nitrogens is 1. The monoisotopic (exact) mass is 405 g/mol. The molecule has 0 unspecified atom stereocenters. The summed E-state index contributed by atoms with van der Waals surface area (Å²) >= 11 is 6.22. The zero-order valence-electron chi connectivity index (χ0n) is 13.7. The molecule has 0 saturated carbocycles. The van der Waals surface area contributed by atoms with Crippen molar-refractivity contribution in [3.8, 4) is 0 Å². The summed E-state index contributed by atoms with van der Waals surface area (Å²) in [4.78, 5) is 39.3. The maximum atomic E-state index is 14.2. The number of fused-ring (bicyclic) bond motifs is 1. The van der Waals surface area contributed by atoms with E-state index in [1.165, 1.54) is 6.07 Å². The molecule has 0 aliphatic carbocycles. The van der Waals surface area contributed by atoms with Crippen LogP contribution in [-0.4, -0.2) is 16.0 Å². The van der Waals surface area contributed by atoms with Crippen molar-refractivity contribution in [2.75, 3.05) is 0 Å². The van der Waals surface area contributed by atoms with Crippen molar-refractivity contribution in [3.63, 3.8) is 0 Å². The van der Waals surface area contributed by atoms with Crippen molar-refractivity contribution in [3.05, 3.63) is 80.3 Å². The summed E-state index contributed by atoms with van der Waals surface area (Å²) in [6.45, 7) is 0.185. The molecular formula is C18H13ClFN3O3S. The van der Waals surface area contributed by atoms with Crippen molar-refractivity contribution < 1.29 is 14.0 Å². The summed E-state index contributed by atoms with van der Waals surface area (Å²) < 4.78 is 14.2. The molecule has 0 saturated heterocycles. The number of benzene rings is 2. The maximum Gasteiger partial charge on any atom is 0.257 e. The maximum absolute atomic E-state index is 14.2. The highest BCUT2D eigenvalue weighted by Crippen LogP contribution is 2.18. The fourth-order valence-electron chi connectivity index (χ4n) is 2.52. The number of pyridine rings is 1. The number of aromatic amines is 1. The van der Waals surface area contributed by atoms with Gasteiger partial charge in [0.25, 0.3) is 5.91 Å². The van der Waals surface area contributed by atoms with Crippen LogP contribution in [0.4, 0.5) is 4.39 Å². The number of nitrogens with one attached hydrogen (secondary N) is 2. The third-order valence-corrected chi connectivity index (χ3v) is 4.60. The number of hydrogen-bond donors (Lipinski definition) is 3. The van der Waals surface area contributed by atoms with Gasteiger partial charge in [0.2, 0.25) is 10.5 Å². The number of nitrogens with two attached hydrogens (primary N) is 1. The minimum absolute atomic E-state index is 0.0586. The summed E-state index contributed by atoms with van der Waals surface area (Å²) in [6.07, 6.45) is 1.14. The van der Waals surface area contributed by atoms with Crippen LogP contribution in [0.5, 0.6) is 0 Å². The van der Waals surface area contributed by atoms with E-state index < -0.39 is 22.3 Å². The SMILES string of the molecule is NSC(=O)c1cc(F)c2[nH]cc(C(=O)NCc3ccc(Cl)cc3)c(=O)c2c1. The first-order valence-corrected chi connectivity index (χ1v) is 8.95. The number of carbonyl (C=O) groups is 2. The first-order chi connectivity index (χ1) is 12.9. The van der Waals surface area contributed by atoms with E-state index in [1.807, 2.05) is 0 Å². The van der Waals surface area contributed by atoms with Crippen LogP contribution in [0.25, 0.3) is 10.9 Å². The van der Waals surface area contributed by atoms with Crippen molar-refractivity contribution in [2.45, 2.75) is 6.54 Å². The van der Waals surface area contributed by atoms with Gasteiger partial charge < -0.3 is 10.3 Å². The van der Waals surface area contributed by atoms with E-state index in [9.17, 15) is 18.8 Å². The number of rotatable bonds is 4. The molecule has 4 N–H and O–H groups in total. The molecule has 3 rings (SSSR count). The lowest BCUT2D eigenvalue weighted by Crippen LogP contribution is -2.28. The third-order valence-electron chi connectivity index (χ3n) is 3.89. The highest BCUT2D eigenvalue weighted by molar-refractivity contribution is 8.12. The Labute approximate surface area is 162 Å². The van der Waals surface area contributed by atoms with Crippen LogP contribution in [0.3, 0.4) is 0 Å². The Hall–Kier alpha value is -2.68. The van der Waals surface area contributed by atoms with Gasteiger partial charge in [-0.15, -0.1) is 0 Å². The first kappa shape index (κ1) is 19.1. The smallest absolute Gasteiger partial charge is 0.257 e. The minimum Gasteiger partial charge on any atom is -0.358 e. The summed E-state index contributed by atoms with van der Waals surface area (Å²) in [7, 11) is 0. The van der Waals surface area contributed by atoms with Gasteiger partial charge in [0.15, 0.2) is 0 Å². The lowest BCUT2D eigenvalue weighted by molar-refractivity contribution is 0.0949. The van der Waals surface area contributed by atoms with Crippen LogP contribution in [0.15, 0.2) is 47.4 Å². The zero-order valence-corrected chi connectivity index (χ0v) is 15.3. The number of amides is 1. The minimum atomic E-state index is -0.782. The first-order valence-electron chi connectivity index (χ1n) is 7.69. The molecule has 1 heterocycles. The predicted molar refractivity (Wildman–Crippen MR) is 103 cm³/mol. The van der Waals surface area contributed by atoms with Crippen LogP contribution < -0.4 is 15.9 Å². The van der Waals surface area contributed by atoms with Gasteiger partial charge in [-0.25, -0.2) is 4.39 Å². The highest BCUT2D eigenvalue weighted by Gasteiger charge is 2.17. The van der Waals surface area contributed by atoms with Gasteiger partial charge in [0, 0.05) is 23.3 Å². The second-order valence-corrected chi connectivity index (χ2v) is 6.67. The fraction of sp³-hybridized carbons (Fsp3) is 0.0556. The molecule has 0 bridgehead atoms. The Morgan fingerprint density at radius 2 is 1.93 bits per heavy atom.